The van der Waals surface area contributed by atoms with E-state index >= 15 is 0 Å². The van der Waals surface area contributed by atoms with E-state index in [0.717, 1.165) is 16.7 Å². The first-order valence-electron chi connectivity index (χ1n) is 8.02. The Morgan fingerprint density at radius 2 is 1.62 bits per heavy atom. The van der Waals surface area contributed by atoms with E-state index in [1.165, 1.54) is 0 Å². The van der Waals surface area contributed by atoms with Crippen LogP contribution in [0.5, 0.6) is 0 Å². The molecule has 0 heterocycles. The SMILES string of the molecule is NC(=O)Cc1ccc(CNCC(O)CC(O)c2ccccc2)cc1. The number of rotatable bonds is 9. The van der Waals surface area contributed by atoms with Crippen molar-refractivity contribution in [1.82, 2.24) is 5.32 Å². The van der Waals surface area contributed by atoms with Crippen molar-refractivity contribution in [3.8, 4) is 0 Å². The van der Waals surface area contributed by atoms with Gasteiger partial charge in [0.15, 0.2) is 0 Å². The molecule has 128 valence electrons. The first-order chi connectivity index (χ1) is 11.5. The Labute approximate surface area is 142 Å². The van der Waals surface area contributed by atoms with Crippen molar-refractivity contribution in [2.45, 2.75) is 31.6 Å². The minimum Gasteiger partial charge on any atom is -0.392 e. The van der Waals surface area contributed by atoms with Crippen molar-refractivity contribution < 1.29 is 15.0 Å². The zero-order valence-electron chi connectivity index (χ0n) is 13.6. The van der Waals surface area contributed by atoms with Gasteiger partial charge in [-0.15, -0.1) is 0 Å². The Morgan fingerprint density at radius 3 is 2.25 bits per heavy atom. The average Bonchev–Trinajstić information content (AvgIpc) is 2.57. The smallest absolute Gasteiger partial charge is 0.221 e. The first-order valence-corrected chi connectivity index (χ1v) is 8.02. The van der Waals surface area contributed by atoms with Gasteiger partial charge in [-0.3, -0.25) is 4.79 Å². The molecule has 5 heteroatoms. The van der Waals surface area contributed by atoms with Crippen LogP contribution in [0.3, 0.4) is 0 Å². The molecule has 0 saturated carbocycles. The number of aliphatic hydroxyl groups excluding tert-OH is 2. The third-order valence-corrected chi connectivity index (χ3v) is 3.79. The van der Waals surface area contributed by atoms with Crippen LogP contribution in [-0.2, 0) is 17.8 Å². The zero-order chi connectivity index (χ0) is 17.4. The standard InChI is InChI=1S/C19H24N2O3/c20-19(24)10-14-6-8-15(9-7-14)12-21-13-17(22)11-18(23)16-4-2-1-3-5-16/h1-9,17-18,21-23H,10-13H2,(H2,20,24). The van der Waals surface area contributed by atoms with Gasteiger partial charge in [0.2, 0.25) is 5.91 Å². The Bertz CT molecular complexity index is 629. The fourth-order valence-corrected chi connectivity index (χ4v) is 2.51. The number of carbonyl (C=O) groups is 1. The second-order valence-electron chi connectivity index (χ2n) is 5.91. The molecule has 2 aromatic carbocycles. The molecule has 0 aliphatic heterocycles. The molecule has 24 heavy (non-hydrogen) atoms. The molecule has 0 aromatic heterocycles. The molecule has 0 aliphatic carbocycles. The van der Waals surface area contributed by atoms with Crippen LogP contribution >= 0.6 is 0 Å². The summed E-state index contributed by atoms with van der Waals surface area (Å²) >= 11 is 0. The molecule has 2 aromatic rings. The van der Waals surface area contributed by atoms with Crippen molar-refractivity contribution in [2.24, 2.45) is 5.73 Å². The average molecular weight is 328 g/mol. The highest BCUT2D eigenvalue weighted by Crippen LogP contribution is 2.17. The van der Waals surface area contributed by atoms with E-state index in [0.29, 0.717) is 13.1 Å². The number of amides is 1. The maximum atomic E-state index is 10.9. The van der Waals surface area contributed by atoms with E-state index in [9.17, 15) is 15.0 Å². The van der Waals surface area contributed by atoms with Gasteiger partial charge in [0, 0.05) is 19.5 Å². The van der Waals surface area contributed by atoms with E-state index in [-0.39, 0.29) is 18.7 Å². The first kappa shape index (κ1) is 18.1. The predicted molar refractivity (Wildman–Crippen MR) is 93.1 cm³/mol. The molecule has 5 N–H and O–H groups in total. The summed E-state index contributed by atoms with van der Waals surface area (Å²) in [4.78, 5) is 10.9. The maximum Gasteiger partial charge on any atom is 0.221 e. The van der Waals surface area contributed by atoms with Crippen molar-refractivity contribution in [1.29, 1.82) is 0 Å². The normalized spacial score (nSPS) is 13.4. The molecule has 0 fully saturated rings. The lowest BCUT2D eigenvalue weighted by Gasteiger charge is -2.16. The summed E-state index contributed by atoms with van der Waals surface area (Å²) in [6, 6.07) is 16.9. The molecule has 1 amide bonds. The molecule has 2 atom stereocenters. The number of benzene rings is 2. The van der Waals surface area contributed by atoms with Crippen LogP contribution in [0.25, 0.3) is 0 Å². The lowest BCUT2D eigenvalue weighted by atomic mass is 10.0. The molecule has 0 saturated heterocycles. The van der Waals surface area contributed by atoms with Crippen molar-refractivity contribution in [2.75, 3.05) is 6.54 Å². The van der Waals surface area contributed by atoms with E-state index in [1.807, 2.05) is 54.6 Å². The van der Waals surface area contributed by atoms with E-state index in [2.05, 4.69) is 5.32 Å². The van der Waals surface area contributed by atoms with Crippen molar-refractivity contribution in [3.05, 3.63) is 71.3 Å². The van der Waals surface area contributed by atoms with Crippen LogP contribution in [0.1, 0.15) is 29.2 Å². The third kappa shape index (κ3) is 6.12. The quantitative estimate of drug-likeness (QED) is 0.558. The highest BCUT2D eigenvalue weighted by molar-refractivity contribution is 5.76. The van der Waals surface area contributed by atoms with Gasteiger partial charge in [0.1, 0.15) is 0 Å². The summed E-state index contributed by atoms with van der Waals surface area (Å²) < 4.78 is 0. The zero-order valence-corrected chi connectivity index (χ0v) is 13.6. The molecule has 0 bridgehead atoms. The van der Waals surface area contributed by atoms with Crippen LogP contribution in [0.15, 0.2) is 54.6 Å². The van der Waals surface area contributed by atoms with Gasteiger partial charge >= 0.3 is 0 Å². The largest absolute Gasteiger partial charge is 0.392 e. The predicted octanol–water partition coefficient (Wildman–Crippen LogP) is 1.29. The second kappa shape index (κ2) is 9.17. The van der Waals surface area contributed by atoms with Gasteiger partial charge in [0.25, 0.3) is 0 Å². The van der Waals surface area contributed by atoms with Gasteiger partial charge in [-0.25, -0.2) is 0 Å². The van der Waals surface area contributed by atoms with Crippen LogP contribution < -0.4 is 11.1 Å². The van der Waals surface area contributed by atoms with E-state index in [1.54, 1.807) is 0 Å². The van der Waals surface area contributed by atoms with Gasteiger partial charge in [-0.2, -0.15) is 0 Å². The summed E-state index contributed by atoms with van der Waals surface area (Å²) in [7, 11) is 0. The number of carbonyl (C=O) groups excluding carboxylic acids is 1. The van der Waals surface area contributed by atoms with Crippen molar-refractivity contribution in [3.63, 3.8) is 0 Å². The van der Waals surface area contributed by atoms with E-state index < -0.39 is 12.2 Å². The lowest BCUT2D eigenvalue weighted by molar-refractivity contribution is -0.117. The molecular formula is C19H24N2O3. The van der Waals surface area contributed by atoms with E-state index in [4.69, 9.17) is 5.73 Å². The number of aliphatic hydroxyl groups is 2. The van der Waals surface area contributed by atoms with Crippen LogP contribution in [-0.4, -0.2) is 28.8 Å². The number of primary amides is 1. The summed E-state index contributed by atoms with van der Waals surface area (Å²) in [5.74, 6) is -0.346. The number of nitrogens with one attached hydrogen (secondary N) is 1. The molecular weight excluding hydrogens is 304 g/mol. The van der Waals surface area contributed by atoms with Gasteiger partial charge in [-0.1, -0.05) is 54.6 Å². The highest BCUT2D eigenvalue weighted by atomic mass is 16.3. The van der Waals surface area contributed by atoms with Gasteiger partial charge in [0.05, 0.1) is 18.6 Å². The summed E-state index contributed by atoms with van der Waals surface area (Å²) in [6.45, 7) is 1.00. The van der Waals surface area contributed by atoms with Crippen LogP contribution in [0, 0.1) is 0 Å². The van der Waals surface area contributed by atoms with Gasteiger partial charge in [-0.05, 0) is 16.7 Å². The Kier molecular flexibility index (Phi) is 6.93. The molecule has 0 aliphatic rings. The molecule has 0 radical (unpaired) electrons. The Balaban J connectivity index is 1.72. The summed E-state index contributed by atoms with van der Waals surface area (Å²) in [5, 5.41) is 23.3. The van der Waals surface area contributed by atoms with Crippen LogP contribution in [0.2, 0.25) is 0 Å². The van der Waals surface area contributed by atoms with Gasteiger partial charge < -0.3 is 21.3 Å². The third-order valence-electron chi connectivity index (χ3n) is 3.79. The monoisotopic (exact) mass is 328 g/mol. The number of nitrogens with two attached hydrogens (primary N) is 1. The molecule has 2 unspecified atom stereocenters. The fraction of sp³-hybridized carbons (Fsp3) is 0.316. The topological polar surface area (TPSA) is 95.6 Å². The van der Waals surface area contributed by atoms with Crippen molar-refractivity contribution >= 4 is 5.91 Å². The minimum absolute atomic E-state index is 0.240. The number of hydrogen-bond donors (Lipinski definition) is 4. The molecule has 2 rings (SSSR count). The van der Waals surface area contributed by atoms with Crippen LogP contribution in [0.4, 0.5) is 0 Å². The highest BCUT2D eigenvalue weighted by Gasteiger charge is 2.13. The molecule has 0 spiro atoms. The lowest BCUT2D eigenvalue weighted by Crippen LogP contribution is -2.28. The molecule has 5 nitrogen and oxygen atoms in total. The summed E-state index contributed by atoms with van der Waals surface area (Å²) in [6.07, 6.45) is -0.774. The minimum atomic E-state index is -0.670. The number of hydrogen-bond acceptors (Lipinski definition) is 4. The summed E-state index contributed by atoms with van der Waals surface area (Å²) in [5.41, 5.74) is 7.91. The fourth-order valence-electron chi connectivity index (χ4n) is 2.51. The maximum absolute atomic E-state index is 10.9. The Morgan fingerprint density at radius 1 is 1.00 bits per heavy atom. The second-order valence-corrected chi connectivity index (χ2v) is 5.91. The Hall–Kier alpha value is -2.21.